The average Bonchev–Trinajstić information content (AvgIpc) is 3.18. The second kappa shape index (κ2) is 5.64. The second-order valence-electron chi connectivity index (χ2n) is 6.23. The molecule has 2 unspecified atom stereocenters. The molecule has 0 bridgehead atoms. The van der Waals surface area contributed by atoms with Crippen molar-refractivity contribution < 1.29 is 9.18 Å². The van der Waals surface area contributed by atoms with E-state index in [-0.39, 0.29) is 17.8 Å². The minimum Gasteiger partial charge on any atom is -0.379 e. The van der Waals surface area contributed by atoms with E-state index in [9.17, 15) is 9.18 Å². The van der Waals surface area contributed by atoms with Gasteiger partial charge in [0.2, 0.25) is 5.91 Å². The van der Waals surface area contributed by atoms with Crippen LogP contribution in [0.15, 0.2) is 18.2 Å². The van der Waals surface area contributed by atoms with Gasteiger partial charge in [0.05, 0.1) is 5.69 Å². The molecule has 1 aromatic rings. The van der Waals surface area contributed by atoms with Gasteiger partial charge in [-0.2, -0.15) is 0 Å². The van der Waals surface area contributed by atoms with Gasteiger partial charge in [-0.05, 0) is 44.4 Å². The average molecular weight is 291 g/mol. The molecule has 1 saturated carbocycles. The molecule has 3 rings (SSSR count). The third-order valence-electron chi connectivity index (χ3n) is 4.29. The minimum absolute atomic E-state index is 0.151. The van der Waals surface area contributed by atoms with Crippen LogP contribution >= 0.6 is 0 Å². The van der Waals surface area contributed by atoms with Gasteiger partial charge in [-0.25, -0.2) is 4.39 Å². The number of anilines is 2. The Morgan fingerprint density at radius 1 is 1.38 bits per heavy atom. The first kappa shape index (κ1) is 14.3. The summed E-state index contributed by atoms with van der Waals surface area (Å²) in [5, 5.41) is 5.98. The van der Waals surface area contributed by atoms with Crippen LogP contribution in [0.25, 0.3) is 0 Å². The molecule has 0 radical (unpaired) electrons. The zero-order valence-corrected chi connectivity index (χ0v) is 12.5. The number of halogens is 1. The molecule has 1 aromatic carbocycles. The summed E-state index contributed by atoms with van der Waals surface area (Å²) in [7, 11) is 0. The van der Waals surface area contributed by atoms with Crippen molar-refractivity contribution in [2.45, 2.75) is 51.2 Å². The lowest BCUT2D eigenvalue weighted by Crippen LogP contribution is -2.31. The van der Waals surface area contributed by atoms with E-state index < -0.39 is 0 Å². The first-order chi connectivity index (χ1) is 10.0. The van der Waals surface area contributed by atoms with E-state index >= 15 is 0 Å². The summed E-state index contributed by atoms with van der Waals surface area (Å²) in [6, 6.07) is 6.20. The van der Waals surface area contributed by atoms with E-state index in [4.69, 9.17) is 0 Å². The quantitative estimate of drug-likeness (QED) is 0.896. The number of nitrogens with zero attached hydrogens (tertiary/aromatic N) is 1. The number of benzene rings is 1. The second-order valence-corrected chi connectivity index (χ2v) is 6.23. The highest BCUT2D eigenvalue weighted by molar-refractivity contribution is 5.89. The van der Waals surface area contributed by atoms with Crippen molar-refractivity contribution in [3.8, 4) is 0 Å². The Hall–Kier alpha value is -1.62. The SMILES string of the molecule is CC(=O)Nc1ccc(F)c(NC2CC(C)N(C3CC3)C2)c1. The first-order valence-electron chi connectivity index (χ1n) is 7.62. The van der Waals surface area contributed by atoms with Crippen molar-refractivity contribution in [3.05, 3.63) is 24.0 Å². The van der Waals surface area contributed by atoms with E-state index in [1.165, 1.54) is 25.8 Å². The van der Waals surface area contributed by atoms with Gasteiger partial charge in [0, 0.05) is 37.3 Å². The Kier molecular flexibility index (Phi) is 3.85. The predicted octanol–water partition coefficient (Wildman–Crippen LogP) is 2.82. The van der Waals surface area contributed by atoms with Gasteiger partial charge < -0.3 is 10.6 Å². The lowest BCUT2D eigenvalue weighted by atomic mass is 10.1. The standard InChI is InChI=1S/C16H22FN3O/c1-10-7-13(9-20(10)14-4-5-14)19-16-8-12(18-11(2)21)3-6-15(16)17/h3,6,8,10,13-14,19H,4-5,7,9H2,1-2H3,(H,18,21). The van der Waals surface area contributed by atoms with Gasteiger partial charge in [0.15, 0.2) is 0 Å². The molecular weight excluding hydrogens is 269 g/mol. The Morgan fingerprint density at radius 2 is 2.14 bits per heavy atom. The van der Waals surface area contributed by atoms with Crippen LogP contribution < -0.4 is 10.6 Å². The number of amides is 1. The molecule has 1 saturated heterocycles. The molecular formula is C16H22FN3O. The Labute approximate surface area is 124 Å². The fourth-order valence-electron chi connectivity index (χ4n) is 3.21. The van der Waals surface area contributed by atoms with Crippen molar-refractivity contribution in [1.29, 1.82) is 0 Å². The topological polar surface area (TPSA) is 44.4 Å². The number of rotatable bonds is 4. The Morgan fingerprint density at radius 3 is 2.81 bits per heavy atom. The third-order valence-corrected chi connectivity index (χ3v) is 4.29. The predicted molar refractivity (Wildman–Crippen MR) is 81.9 cm³/mol. The van der Waals surface area contributed by atoms with Gasteiger partial charge in [0.25, 0.3) is 0 Å². The molecule has 21 heavy (non-hydrogen) atoms. The van der Waals surface area contributed by atoms with E-state index in [2.05, 4.69) is 22.5 Å². The number of hydrogen-bond acceptors (Lipinski definition) is 3. The van der Waals surface area contributed by atoms with E-state index in [0.717, 1.165) is 19.0 Å². The molecule has 2 fully saturated rings. The highest BCUT2D eigenvalue weighted by atomic mass is 19.1. The van der Waals surface area contributed by atoms with Crippen LogP contribution in [0.3, 0.4) is 0 Å². The number of hydrogen-bond donors (Lipinski definition) is 2. The monoisotopic (exact) mass is 291 g/mol. The molecule has 0 spiro atoms. The summed E-state index contributed by atoms with van der Waals surface area (Å²) in [5.41, 5.74) is 1.09. The zero-order chi connectivity index (χ0) is 15.0. The third kappa shape index (κ3) is 3.35. The molecule has 1 aliphatic heterocycles. The van der Waals surface area contributed by atoms with Crippen LogP contribution in [0.4, 0.5) is 15.8 Å². The Balaban J connectivity index is 1.68. The van der Waals surface area contributed by atoms with Gasteiger partial charge in [-0.15, -0.1) is 0 Å². The summed E-state index contributed by atoms with van der Waals surface area (Å²) in [6.07, 6.45) is 3.62. The summed E-state index contributed by atoms with van der Waals surface area (Å²) in [5.74, 6) is -0.427. The lowest BCUT2D eigenvalue weighted by Gasteiger charge is -2.20. The van der Waals surface area contributed by atoms with Crippen molar-refractivity contribution >= 4 is 17.3 Å². The molecule has 1 heterocycles. The highest BCUT2D eigenvalue weighted by Crippen LogP contribution is 2.34. The maximum atomic E-state index is 13.9. The highest BCUT2D eigenvalue weighted by Gasteiger charge is 2.38. The fraction of sp³-hybridized carbons (Fsp3) is 0.562. The number of likely N-dealkylation sites (tertiary alicyclic amines) is 1. The van der Waals surface area contributed by atoms with Gasteiger partial charge in [-0.1, -0.05) is 0 Å². The molecule has 2 N–H and O–H groups in total. The Bertz CT molecular complexity index is 544. The molecule has 4 nitrogen and oxygen atoms in total. The number of nitrogens with one attached hydrogen (secondary N) is 2. The first-order valence-corrected chi connectivity index (χ1v) is 7.62. The normalized spacial score (nSPS) is 25.9. The van der Waals surface area contributed by atoms with Crippen molar-refractivity contribution in [1.82, 2.24) is 4.90 Å². The van der Waals surface area contributed by atoms with Gasteiger partial charge in [-0.3, -0.25) is 9.69 Å². The molecule has 2 atom stereocenters. The number of carbonyl (C=O) groups excluding carboxylic acids is 1. The molecule has 1 aliphatic carbocycles. The molecule has 1 amide bonds. The van der Waals surface area contributed by atoms with Crippen molar-refractivity contribution in [2.75, 3.05) is 17.2 Å². The lowest BCUT2D eigenvalue weighted by molar-refractivity contribution is -0.114. The van der Waals surface area contributed by atoms with Crippen LogP contribution in [0.5, 0.6) is 0 Å². The van der Waals surface area contributed by atoms with Crippen LogP contribution in [0.2, 0.25) is 0 Å². The molecule has 2 aliphatic rings. The maximum Gasteiger partial charge on any atom is 0.221 e. The van der Waals surface area contributed by atoms with Crippen molar-refractivity contribution in [2.24, 2.45) is 0 Å². The van der Waals surface area contributed by atoms with Gasteiger partial charge >= 0.3 is 0 Å². The van der Waals surface area contributed by atoms with E-state index in [1.54, 1.807) is 12.1 Å². The van der Waals surface area contributed by atoms with Crippen LogP contribution in [0.1, 0.15) is 33.1 Å². The van der Waals surface area contributed by atoms with Gasteiger partial charge in [0.1, 0.15) is 5.82 Å². The zero-order valence-electron chi connectivity index (χ0n) is 12.5. The molecule has 5 heteroatoms. The fourth-order valence-corrected chi connectivity index (χ4v) is 3.21. The number of carbonyl (C=O) groups is 1. The summed E-state index contributed by atoms with van der Waals surface area (Å²) < 4.78 is 13.9. The smallest absolute Gasteiger partial charge is 0.221 e. The minimum atomic E-state index is -0.276. The molecule has 114 valence electrons. The summed E-state index contributed by atoms with van der Waals surface area (Å²) in [4.78, 5) is 13.6. The largest absolute Gasteiger partial charge is 0.379 e. The summed E-state index contributed by atoms with van der Waals surface area (Å²) >= 11 is 0. The van der Waals surface area contributed by atoms with Crippen LogP contribution in [0, 0.1) is 5.82 Å². The van der Waals surface area contributed by atoms with Crippen LogP contribution in [-0.2, 0) is 4.79 Å². The van der Waals surface area contributed by atoms with E-state index in [1.807, 2.05) is 0 Å². The molecule has 0 aromatic heterocycles. The van der Waals surface area contributed by atoms with E-state index in [0.29, 0.717) is 17.4 Å². The van der Waals surface area contributed by atoms with Crippen LogP contribution in [-0.4, -0.2) is 35.5 Å². The maximum absolute atomic E-state index is 13.9. The summed E-state index contributed by atoms with van der Waals surface area (Å²) in [6.45, 7) is 4.66. The van der Waals surface area contributed by atoms with Crippen molar-refractivity contribution in [3.63, 3.8) is 0 Å².